The number of anilines is 1. The molecule has 1 fully saturated rings. The first-order chi connectivity index (χ1) is 9.26. The highest BCUT2D eigenvalue weighted by Gasteiger charge is 2.25. The molecule has 1 aromatic rings. The van der Waals surface area contributed by atoms with E-state index in [1.807, 2.05) is 18.2 Å². The van der Waals surface area contributed by atoms with Gasteiger partial charge in [-0.25, -0.2) is 0 Å². The molecule has 1 heterocycles. The van der Waals surface area contributed by atoms with Crippen molar-refractivity contribution < 1.29 is 4.74 Å². The maximum Gasteiger partial charge on any atom is 0.142 e. The van der Waals surface area contributed by atoms with Gasteiger partial charge in [-0.15, -0.1) is 0 Å². The van der Waals surface area contributed by atoms with Crippen LogP contribution in [0, 0.1) is 11.3 Å². The fourth-order valence-corrected chi connectivity index (χ4v) is 2.54. The van der Waals surface area contributed by atoms with Crippen molar-refractivity contribution in [3.05, 3.63) is 24.3 Å². The third-order valence-electron chi connectivity index (χ3n) is 3.67. The van der Waals surface area contributed by atoms with E-state index in [1.54, 1.807) is 7.11 Å². The molecule has 1 N–H and O–H groups in total. The molecular weight excluding hydrogens is 238 g/mol. The summed E-state index contributed by atoms with van der Waals surface area (Å²) in [4.78, 5) is 2.30. The Labute approximate surface area is 115 Å². The number of methoxy groups -OCH3 is 1. The molecule has 0 bridgehead atoms. The average molecular weight is 259 g/mol. The molecule has 1 aliphatic rings. The molecular formula is C15H21N3O. The lowest BCUT2D eigenvalue weighted by Gasteiger charge is -2.31. The van der Waals surface area contributed by atoms with Crippen molar-refractivity contribution in [2.45, 2.75) is 31.8 Å². The van der Waals surface area contributed by atoms with E-state index in [1.165, 1.54) is 0 Å². The lowest BCUT2D eigenvalue weighted by atomic mass is 10.1. The second-order valence-electron chi connectivity index (χ2n) is 4.98. The molecule has 1 aliphatic heterocycles. The molecule has 4 heteroatoms. The number of benzene rings is 1. The topological polar surface area (TPSA) is 48.3 Å². The van der Waals surface area contributed by atoms with Gasteiger partial charge in [0.15, 0.2) is 0 Å². The zero-order valence-electron chi connectivity index (χ0n) is 11.6. The van der Waals surface area contributed by atoms with Crippen LogP contribution in [0.2, 0.25) is 0 Å². The van der Waals surface area contributed by atoms with Gasteiger partial charge in [0, 0.05) is 19.1 Å². The van der Waals surface area contributed by atoms with Gasteiger partial charge in [-0.3, -0.25) is 0 Å². The first kappa shape index (κ1) is 13.7. The highest BCUT2D eigenvalue weighted by molar-refractivity contribution is 5.59. The SMILES string of the molecule is COc1ccccc1N1CCC(C)NCC1CC#N. The van der Waals surface area contributed by atoms with E-state index in [4.69, 9.17) is 10.00 Å². The fraction of sp³-hybridized carbons (Fsp3) is 0.533. The Kier molecular flexibility index (Phi) is 4.64. The summed E-state index contributed by atoms with van der Waals surface area (Å²) < 4.78 is 5.45. The number of hydrogen-bond donors (Lipinski definition) is 1. The Morgan fingerprint density at radius 2 is 2.26 bits per heavy atom. The third-order valence-corrected chi connectivity index (χ3v) is 3.67. The van der Waals surface area contributed by atoms with Gasteiger partial charge in [0.05, 0.1) is 31.3 Å². The van der Waals surface area contributed by atoms with Gasteiger partial charge in [0.2, 0.25) is 0 Å². The molecule has 1 aromatic carbocycles. The van der Waals surface area contributed by atoms with Gasteiger partial charge in [-0.05, 0) is 25.5 Å². The van der Waals surface area contributed by atoms with E-state index < -0.39 is 0 Å². The Balaban J connectivity index is 2.29. The first-order valence-electron chi connectivity index (χ1n) is 6.76. The van der Waals surface area contributed by atoms with E-state index >= 15 is 0 Å². The van der Waals surface area contributed by atoms with Crippen LogP contribution in [0.1, 0.15) is 19.8 Å². The summed E-state index contributed by atoms with van der Waals surface area (Å²) in [6, 6.07) is 11.0. The molecule has 0 amide bonds. The summed E-state index contributed by atoms with van der Waals surface area (Å²) in [6.45, 7) is 3.98. The first-order valence-corrected chi connectivity index (χ1v) is 6.76. The molecule has 0 radical (unpaired) electrons. The lowest BCUT2D eigenvalue weighted by Crippen LogP contribution is -2.40. The second-order valence-corrected chi connectivity index (χ2v) is 4.98. The van der Waals surface area contributed by atoms with Crippen LogP contribution >= 0.6 is 0 Å². The number of nitrogens with zero attached hydrogens (tertiary/aromatic N) is 2. The van der Waals surface area contributed by atoms with Crippen molar-refractivity contribution in [3.8, 4) is 11.8 Å². The predicted molar refractivity (Wildman–Crippen MR) is 76.4 cm³/mol. The lowest BCUT2D eigenvalue weighted by molar-refractivity contribution is 0.412. The highest BCUT2D eigenvalue weighted by Crippen LogP contribution is 2.30. The molecule has 0 aliphatic carbocycles. The van der Waals surface area contributed by atoms with E-state index in [2.05, 4.69) is 29.3 Å². The summed E-state index contributed by atoms with van der Waals surface area (Å²) >= 11 is 0. The number of rotatable bonds is 3. The number of nitriles is 1. The van der Waals surface area contributed by atoms with Crippen molar-refractivity contribution in [1.82, 2.24) is 5.32 Å². The highest BCUT2D eigenvalue weighted by atomic mass is 16.5. The molecule has 0 aromatic heterocycles. The largest absolute Gasteiger partial charge is 0.495 e. The van der Waals surface area contributed by atoms with Crippen molar-refractivity contribution >= 4 is 5.69 Å². The van der Waals surface area contributed by atoms with Crippen LogP contribution in [0.25, 0.3) is 0 Å². The summed E-state index contributed by atoms with van der Waals surface area (Å²) in [7, 11) is 1.69. The van der Waals surface area contributed by atoms with E-state index in [0.29, 0.717) is 12.5 Å². The van der Waals surface area contributed by atoms with Crippen molar-refractivity contribution in [3.63, 3.8) is 0 Å². The zero-order chi connectivity index (χ0) is 13.7. The summed E-state index contributed by atoms with van der Waals surface area (Å²) in [5, 5.41) is 12.5. The van der Waals surface area contributed by atoms with Gasteiger partial charge < -0.3 is 15.0 Å². The van der Waals surface area contributed by atoms with Gasteiger partial charge >= 0.3 is 0 Å². The van der Waals surface area contributed by atoms with Crippen LogP contribution in [0.15, 0.2) is 24.3 Å². The normalized spacial score (nSPS) is 23.5. The predicted octanol–water partition coefficient (Wildman–Crippen LogP) is 2.17. The van der Waals surface area contributed by atoms with Crippen LogP contribution in [0.3, 0.4) is 0 Å². The van der Waals surface area contributed by atoms with Gasteiger partial charge in [-0.1, -0.05) is 12.1 Å². The maximum atomic E-state index is 9.03. The second kappa shape index (κ2) is 6.44. The minimum absolute atomic E-state index is 0.200. The quantitative estimate of drug-likeness (QED) is 0.903. The number of hydrogen-bond acceptors (Lipinski definition) is 4. The third kappa shape index (κ3) is 3.18. The molecule has 19 heavy (non-hydrogen) atoms. The minimum Gasteiger partial charge on any atom is -0.495 e. The Morgan fingerprint density at radius 3 is 3.00 bits per heavy atom. The molecule has 4 nitrogen and oxygen atoms in total. The van der Waals surface area contributed by atoms with E-state index in [9.17, 15) is 0 Å². The minimum atomic E-state index is 0.200. The fourth-order valence-electron chi connectivity index (χ4n) is 2.54. The van der Waals surface area contributed by atoms with Crippen molar-refractivity contribution in [2.24, 2.45) is 0 Å². The Bertz CT molecular complexity index is 455. The summed E-state index contributed by atoms with van der Waals surface area (Å²) in [5.41, 5.74) is 1.08. The van der Waals surface area contributed by atoms with Crippen LogP contribution < -0.4 is 15.0 Å². The van der Waals surface area contributed by atoms with Gasteiger partial charge in [0.25, 0.3) is 0 Å². The smallest absolute Gasteiger partial charge is 0.142 e. The average Bonchev–Trinajstić information content (AvgIpc) is 2.62. The number of para-hydroxylation sites is 2. The van der Waals surface area contributed by atoms with Gasteiger partial charge in [0.1, 0.15) is 5.75 Å². The molecule has 2 atom stereocenters. The van der Waals surface area contributed by atoms with Crippen molar-refractivity contribution in [1.29, 1.82) is 5.26 Å². The van der Waals surface area contributed by atoms with E-state index in [0.717, 1.165) is 30.9 Å². The Hall–Kier alpha value is -1.73. The van der Waals surface area contributed by atoms with Gasteiger partial charge in [-0.2, -0.15) is 5.26 Å². The van der Waals surface area contributed by atoms with Crippen LogP contribution in [-0.2, 0) is 0 Å². The molecule has 102 valence electrons. The molecule has 2 unspecified atom stereocenters. The van der Waals surface area contributed by atoms with E-state index in [-0.39, 0.29) is 6.04 Å². The Morgan fingerprint density at radius 1 is 1.47 bits per heavy atom. The maximum absolute atomic E-state index is 9.03. The monoisotopic (exact) mass is 259 g/mol. The standard InChI is InChI=1S/C15H21N3O/c1-12-8-10-18(13(7-9-16)11-17-12)14-5-3-4-6-15(14)19-2/h3-6,12-13,17H,7-8,10-11H2,1-2H3. The summed E-state index contributed by atoms with van der Waals surface area (Å²) in [5.74, 6) is 0.875. The van der Waals surface area contributed by atoms with Crippen molar-refractivity contribution in [2.75, 3.05) is 25.1 Å². The molecule has 2 rings (SSSR count). The molecule has 0 spiro atoms. The molecule has 0 saturated carbocycles. The number of ether oxygens (including phenoxy) is 1. The number of nitrogens with one attached hydrogen (secondary N) is 1. The summed E-state index contributed by atoms with van der Waals surface area (Å²) in [6.07, 6.45) is 1.59. The molecule has 1 saturated heterocycles. The zero-order valence-corrected chi connectivity index (χ0v) is 11.6. The van der Waals surface area contributed by atoms with Crippen LogP contribution in [-0.4, -0.2) is 32.3 Å². The van der Waals surface area contributed by atoms with Crippen LogP contribution in [0.4, 0.5) is 5.69 Å². The van der Waals surface area contributed by atoms with Crippen LogP contribution in [0.5, 0.6) is 5.75 Å².